The van der Waals surface area contributed by atoms with Crippen LogP contribution in [0.1, 0.15) is 163 Å². The maximum absolute atomic E-state index is 17.3. The first-order chi connectivity index (χ1) is 44.2. The van der Waals surface area contributed by atoms with E-state index in [0.29, 0.717) is 25.7 Å². The van der Waals surface area contributed by atoms with Crippen molar-refractivity contribution in [3.8, 4) is 23.3 Å². The summed E-state index contributed by atoms with van der Waals surface area (Å²) in [5.74, 6) is -16.3. The number of ether oxygens (including phenoxy) is 6. The second-order valence-corrected chi connectivity index (χ2v) is 28.1. The first-order valence-corrected chi connectivity index (χ1v) is 32.1. The minimum Gasteiger partial charge on any atom is -0.471 e. The summed E-state index contributed by atoms with van der Waals surface area (Å²) in [6.07, 6.45) is -16.6. The zero-order chi connectivity index (χ0) is 69.4. The number of Topliss-reactive ketones (excluding diaryl/α,β-unsaturated/α-hetero) is 2. The van der Waals surface area contributed by atoms with Crippen LogP contribution in [-0.2, 0) is 46.9 Å². The van der Waals surface area contributed by atoms with Gasteiger partial charge in [-0.05, 0) is 119 Å². The molecule has 520 valence electrons. The maximum Gasteiger partial charge on any atom is 0.573 e. The molecule has 2 aromatic carbocycles. The molecular formula is C65H78F10N8O12. The second kappa shape index (κ2) is 25.8. The zero-order valence-electron chi connectivity index (χ0n) is 54.2. The molecule has 2 saturated heterocycles. The highest BCUT2D eigenvalue weighted by Gasteiger charge is 2.57. The number of amides is 4. The first-order valence-electron chi connectivity index (χ1n) is 32.1. The van der Waals surface area contributed by atoms with Gasteiger partial charge in [-0.25, -0.2) is 29.5 Å². The van der Waals surface area contributed by atoms with E-state index in [1.165, 1.54) is 25.7 Å². The molecule has 2 aliphatic carbocycles. The zero-order valence-corrected chi connectivity index (χ0v) is 54.2. The molecule has 6 aliphatic rings. The van der Waals surface area contributed by atoms with E-state index < -0.39 is 214 Å². The molecule has 4 aliphatic heterocycles. The number of hydrogen-bond donors (Lipinski definition) is 2. The highest BCUT2D eigenvalue weighted by atomic mass is 19.4. The fourth-order valence-electron chi connectivity index (χ4n) is 14.3. The number of nitrogens with one attached hydrogen (secondary N) is 2. The summed E-state index contributed by atoms with van der Waals surface area (Å²) in [6.45, 7) is 14.3. The number of fused-ring (bicyclic) bond motifs is 10. The van der Waals surface area contributed by atoms with Gasteiger partial charge in [0.2, 0.25) is 23.6 Å². The van der Waals surface area contributed by atoms with Crippen LogP contribution in [0.5, 0.6) is 23.3 Å². The van der Waals surface area contributed by atoms with Crippen molar-refractivity contribution in [2.75, 3.05) is 13.1 Å². The minimum atomic E-state index is -5.44. The van der Waals surface area contributed by atoms with Crippen molar-refractivity contribution in [1.82, 2.24) is 40.4 Å². The van der Waals surface area contributed by atoms with Crippen molar-refractivity contribution in [3.05, 3.63) is 47.3 Å². The quantitative estimate of drug-likeness (QED) is 0.148. The second-order valence-electron chi connectivity index (χ2n) is 28.1. The van der Waals surface area contributed by atoms with Crippen molar-refractivity contribution < 1.29 is 101 Å². The van der Waals surface area contributed by atoms with Crippen LogP contribution in [0.4, 0.5) is 53.5 Å². The molecule has 2 saturated carbocycles. The van der Waals surface area contributed by atoms with E-state index >= 15 is 22.4 Å². The van der Waals surface area contributed by atoms with E-state index in [0.717, 1.165) is 42.2 Å². The summed E-state index contributed by atoms with van der Waals surface area (Å²) in [4.78, 5) is 105. The largest absolute Gasteiger partial charge is 0.573 e. The molecule has 4 amide bonds. The molecule has 0 unspecified atom stereocenters. The van der Waals surface area contributed by atoms with Gasteiger partial charge in [-0.1, -0.05) is 61.3 Å². The number of alkyl carbamates (subject to hydrolysis) is 2. The smallest absolute Gasteiger partial charge is 0.471 e. The summed E-state index contributed by atoms with van der Waals surface area (Å²) in [6, 6.07) is -1.24. The number of hydrogen-bond acceptors (Lipinski definition) is 16. The molecule has 30 heteroatoms. The highest BCUT2D eigenvalue weighted by molar-refractivity contribution is 5.94. The molecule has 0 spiro atoms. The number of nitrogens with zero attached hydrogens (tertiary/aromatic N) is 6. The Labute approximate surface area is 541 Å². The number of rotatable bonds is 9. The molecule has 20 nitrogen and oxygen atoms in total. The number of benzene rings is 2. The number of aromatic nitrogens is 4. The van der Waals surface area contributed by atoms with Crippen LogP contribution in [0.3, 0.4) is 0 Å². The predicted molar refractivity (Wildman–Crippen MR) is 318 cm³/mol. The van der Waals surface area contributed by atoms with Crippen LogP contribution in [0, 0.1) is 34.5 Å². The van der Waals surface area contributed by atoms with Gasteiger partial charge in [-0.3, -0.25) is 19.2 Å². The van der Waals surface area contributed by atoms with Crippen LogP contribution >= 0.6 is 0 Å². The molecule has 10 rings (SSSR count). The number of ketones is 2. The van der Waals surface area contributed by atoms with E-state index in [1.54, 1.807) is 41.5 Å². The maximum atomic E-state index is 17.3. The van der Waals surface area contributed by atoms with Crippen LogP contribution < -0.4 is 29.6 Å². The first kappa shape index (κ1) is 70.2. The van der Waals surface area contributed by atoms with Gasteiger partial charge in [0.1, 0.15) is 47.5 Å². The topological polar surface area (TPSA) is 240 Å². The van der Waals surface area contributed by atoms with Gasteiger partial charge in [-0.2, -0.15) is 17.6 Å². The van der Waals surface area contributed by atoms with Crippen LogP contribution in [0.25, 0.3) is 22.1 Å². The average molecular weight is 1350 g/mol. The predicted octanol–water partition coefficient (Wildman–Crippen LogP) is 12.5. The van der Waals surface area contributed by atoms with E-state index in [4.69, 9.17) is 18.9 Å². The van der Waals surface area contributed by atoms with E-state index in [2.05, 4.69) is 40.0 Å². The Hall–Kier alpha value is -7.56. The summed E-state index contributed by atoms with van der Waals surface area (Å²) < 4.78 is 185. The highest BCUT2D eigenvalue weighted by Crippen LogP contribution is 2.51. The van der Waals surface area contributed by atoms with Crippen molar-refractivity contribution in [2.24, 2.45) is 34.5 Å². The fraction of sp³-hybridized carbons (Fsp3) is 0.662. The van der Waals surface area contributed by atoms with Gasteiger partial charge in [0, 0.05) is 42.7 Å². The molecule has 2 N–H and O–H groups in total. The minimum absolute atomic E-state index is 0.0245. The molecular weight excluding hydrogens is 1270 g/mol. The number of carbonyl (C=O) groups excluding carboxylic acids is 6. The molecule has 6 heterocycles. The lowest BCUT2D eigenvalue weighted by atomic mass is 9.77. The molecule has 2 aromatic heterocycles. The van der Waals surface area contributed by atoms with Gasteiger partial charge in [-0.15, -0.1) is 26.3 Å². The molecule has 4 bridgehead atoms. The van der Waals surface area contributed by atoms with Crippen molar-refractivity contribution in [3.63, 3.8) is 0 Å². The Morgan fingerprint density at radius 2 is 1.14 bits per heavy atom. The Morgan fingerprint density at radius 1 is 0.632 bits per heavy atom. The summed E-state index contributed by atoms with van der Waals surface area (Å²) in [5.41, 5.74) is -7.58. The molecule has 4 aromatic rings. The number of carbonyl (C=O) groups is 6. The van der Waals surface area contributed by atoms with Crippen molar-refractivity contribution in [1.29, 1.82) is 0 Å². The van der Waals surface area contributed by atoms with Crippen molar-refractivity contribution >= 4 is 57.6 Å². The third-order valence-electron chi connectivity index (χ3n) is 19.3. The van der Waals surface area contributed by atoms with Crippen LogP contribution in [0.15, 0.2) is 30.3 Å². The SMILES string of the molecule is CC[C@@H]1[C@@H]2CN(C(=O)[C@H](C(C)(C)C)NC(=O)O[C@]3(C)C[C@H]3CCCCC(F)(F)c3nc4cc(CC(C)(C)[C@@H]5NC(=O)O[C@@H]6C[C@H]6CCCCC(F)(F)c6nc7ccc(OC(F)(F)F)cc7nc6O[C@H]6CN(C5=O)[C@H](C(C)=O)[C@@H]6CC)c(OC(F)(F)F)cc4nc3O2)[C@@H]1C(C)=O. The number of alkyl halides is 10. The Balaban J connectivity index is 1.05. The summed E-state index contributed by atoms with van der Waals surface area (Å²) in [5, 5.41) is 5.31. The number of halogens is 10. The van der Waals surface area contributed by atoms with Crippen LogP contribution in [0.2, 0.25) is 0 Å². The normalized spacial score (nSPS) is 29.4. The Morgan fingerprint density at radius 3 is 1.66 bits per heavy atom. The lowest BCUT2D eigenvalue weighted by Crippen LogP contribution is -2.58. The van der Waals surface area contributed by atoms with E-state index in [9.17, 15) is 50.3 Å². The van der Waals surface area contributed by atoms with Crippen molar-refractivity contribution in [2.45, 2.75) is 225 Å². The van der Waals surface area contributed by atoms with Gasteiger partial charge in [0.15, 0.2) is 23.0 Å². The summed E-state index contributed by atoms with van der Waals surface area (Å²) >= 11 is 0. The lowest BCUT2D eigenvalue weighted by molar-refractivity contribution is -0.275. The van der Waals surface area contributed by atoms with Gasteiger partial charge in [0.05, 0.1) is 47.2 Å². The van der Waals surface area contributed by atoms with Gasteiger partial charge in [0.25, 0.3) is 11.8 Å². The van der Waals surface area contributed by atoms with Gasteiger partial charge >= 0.3 is 24.9 Å². The lowest BCUT2D eigenvalue weighted by Gasteiger charge is -2.38. The Kier molecular flexibility index (Phi) is 19.1. The third-order valence-corrected chi connectivity index (χ3v) is 19.3. The Bertz CT molecular complexity index is 3640. The fourth-order valence-corrected chi connectivity index (χ4v) is 14.3. The average Bonchev–Trinajstić information content (AvgIpc) is 1.75. The monoisotopic (exact) mass is 1350 g/mol. The molecule has 12 atom stereocenters. The van der Waals surface area contributed by atoms with E-state index in [1.807, 2.05) is 0 Å². The van der Waals surface area contributed by atoms with Gasteiger partial charge < -0.3 is 48.9 Å². The standard InChI is InChI=1S/C65H78F10N8O12/c1-11-37-45-29-82(47(37)31(3)84)55(86)51(59(5,6)7)80-58(89)95-61(10)28-35(61)18-14-16-22-63(68,69)50-54(91-45)79-42-26-44(94-65(73,74)75)34(23-40(42)77-50)27-60(8,9)52-56(87)83-30-46(38(12-2)48(83)32(4)85)90-53-49(76-39-20-19-36(25-41(39)78-53)93-64(70,71)72)62(66,67)21-15-13-17-33-24-43(33)92-57(88)81-52/h19-20,23,25-26,33,35,37-38,43,45-48,51-52H,11-18,21-22,24,27-30H2,1-10H3,(H,80,89)(H,81,88)/t33-,35-,37-,38-,43-,45+,46+,47-,48-,51-,52-,61-/m1/s1. The summed E-state index contributed by atoms with van der Waals surface area (Å²) in [7, 11) is 0. The molecule has 95 heavy (non-hydrogen) atoms. The molecule has 0 radical (unpaired) electrons. The van der Waals surface area contributed by atoms with Crippen LogP contribution in [-0.4, -0.2) is 139 Å². The van der Waals surface area contributed by atoms with E-state index in [-0.39, 0.29) is 61.4 Å². The third kappa shape index (κ3) is 15.3. The molecule has 4 fully saturated rings.